The first-order valence-electron chi connectivity index (χ1n) is 1.87. The maximum absolute atomic E-state index is 10.9. The van der Waals surface area contributed by atoms with Gasteiger partial charge in [-0.1, -0.05) is 12.2 Å². The molecule has 1 aliphatic rings. The highest BCUT2D eigenvalue weighted by atomic mass is 19.3. The van der Waals surface area contributed by atoms with Gasteiger partial charge in [-0.15, -0.1) is 0 Å². The van der Waals surface area contributed by atoms with Gasteiger partial charge in [-0.2, -0.15) is 4.94 Å². The largest absolute Gasteiger partial charge is 0.186 e. The normalized spacial score (nSPS) is 29.8. The van der Waals surface area contributed by atoms with Crippen LogP contribution in [0.2, 0.25) is 0 Å². The van der Waals surface area contributed by atoms with Crippen molar-refractivity contribution in [1.82, 2.24) is 0 Å². The minimum absolute atomic E-state index is 0.231. The Morgan fingerprint density at radius 3 is 2.50 bits per heavy atom. The summed E-state index contributed by atoms with van der Waals surface area (Å²) in [6.07, 6.45) is 4.05. The molecule has 6 heavy (non-hydrogen) atoms. The van der Waals surface area contributed by atoms with Crippen LogP contribution in [0.3, 0.4) is 0 Å². The number of halogens is 1. The molecule has 0 aromatic heterocycles. The summed E-state index contributed by atoms with van der Waals surface area (Å²) < 4.78 is 10.9. The Balaban J connectivity index is 2.21. The fourth-order valence-electron chi connectivity index (χ4n) is 0.313. The average molecular weight is 88.1 g/mol. The highest BCUT2D eigenvalue weighted by Gasteiger charge is 2.08. The maximum Gasteiger partial charge on any atom is 0.120 e. The average Bonchev–Trinajstić information content (AvgIpc) is 1.31. The fraction of sp³-hybridized carbons (Fsp3) is 0.500. The Hall–Kier alpha value is -0.370. The minimum atomic E-state index is -0.231. The lowest BCUT2D eigenvalue weighted by atomic mass is 10.1. The molecule has 0 heterocycles. The van der Waals surface area contributed by atoms with Gasteiger partial charge in [-0.05, 0) is 10.9 Å². The summed E-state index contributed by atoms with van der Waals surface area (Å²) in [6, 6.07) is 0. The van der Waals surface area contributed by atoms with E-state index in [0.29, 0.717) is 0 Å². The Bertz CT molecular complexity index is 69.9. The summed E-state index contributed by atoms with van der Waals surface area (Å²) in [7, 11) is 0. The molecule has 1 unspecified atom stereocenters. The van der Waals surface area contributed by atoms with Gasteiger partial charge in [0.05, 0.1) is 0 Å². The zero-order valence-electron chi connectivity index (χ0n) is 3.23. The quantitative estimate of drug-likeness (QED) is 0.438. The predicted molar refractivity (Wildman–Crippen MR) is 19.7 cm³/mol. The molecule has 34 valence electrons. The zero-order chi connectivity index (χ0) is 4.41. The van der Waals surface area contributed by atoms with Gasteiger partial charge in [0.2, 0.25) is 0 Å². The Kier molecular flexibility index (Phi) is 0.881. The zero-order valence-corrected chi connectivity index (χ0v) is 3.23. The monoisotopic (exact) mass is 88.0 g/mol. The van der Waals surface area contributed by atoms with Gasteiger partial charge in [0, 0.05) is 0 Å². The van der Waals surface area contributed by atoms with Gasteiger partial charge in [-0.25, -0.2) is 0 Å². The molecule has 0 saturated heterocycles. The van der Waals surface area contributed by atoms with Crippen molar-refractivity contribution in [3.8, 4) is 0 Å². The van der Waals surface area contributed by atoms with Crippen molar-refractivity contribution in [3.63, 3.8) is 0 Å². The second kappa shape index (κ2) is 1.39. The third kappa shape index (κ3) is 0.431. The van der Waals surface area contributed by atoms with Crippen molar-refractivity contribution in [3.05, 3.63) is 12.2 Å². The van der Waals surface area contributed by atoms with Crippen molar-refractivity contribution in [1.29, 1.82) is 0 Å². The van der Waals surface area contributed by atoms with E-state index in [1.54, 1.807) is 6.08 Å². The second-order valence-electron chi connectivity index (χ2n) is 1.29. The van der Waals surface area contributed by atoms with Crippen molar-refractivity contribution in [2.45, 2.75) is 12.5 Å². The van der Waals surface area contributed by atoms with E-state index >= 15 is 0 Å². The molecule has 0 N–H and O–H groups in total. The molecule has 1 atom stereocenters. The van der Waals surface area contributed by atoms with Gasteiger partial charge in [-0.3, -0.25) is 0 Å². The van der Waals surface area contributed by atoms with Crippen molar-refractivity contribution in [2.24, 2.45) is 0 Å². The van der Waals surface area contributed by atoms with Gasteiger partial charge >= 0.3 is 0 Å². The second-order valence-corrected chi connectivity index (χ2v) is 1.29. The van der Waals surface area contributed by atoms with Gasteiger partial charge < -0.3 is 0 Å². The third-order valence-electron chi connectivity index (χ3n) is 0.834. The lowest BCUT2D eigenvalue weighted by Crippen LogP contribution is -2.09. The van der Waals surface area contributed by atoms with Crippen LogP contribution in [0, 0.1) is 0 Å². The van der Waals surface area contributed by atoms with E-state index in [2.05, 4.69) is 4.94 Å². The highest BCUT2D eigenvalue weighted by Crippen LogP contribution is 2.10. The fourth-order valence-corrected chi connectivity index (χ4v) is 0.313. The molecule has 0 saturated carbocycles. The van der Waals surface area contributed by atoms with Crippen LogP contribution in [0.1, 0.15) is 6.42 Å². The molecule has 0 spiro atoms. The Labute approximate surface area is 35.3 Å². The van der Waals surface area contributed by atoms with E-state index < -0.39 is 0 Å². The lowest BCUT2D eigenvalue weighted by molar-refractivity contribution is -0.165. The molecule has 2 heteroatoms. The van der Waals surface area contributed by atoms with Crippen molar-refractivity contribution >= 4 is 0 Å². The maximum atomic E-state index is 10.9. The first-order valence-corrected chi connectivity index (χ1v) is 1.87. The Morgan fingerprint density at radius 2 is 2.50 bits per heavy atom. The first-order chi connectivity index (χ1) is 2.93. The van der Waals surface area contributed by atoms with E-state index in [1.165, 1.54) is 0 Å². The summed E-state index contributed by atoms with van der Waals surface area (Å²) in [6.45, 7) is 0. The summed E-state index contributed by atoms with van der Waals surface area (Å²) in [5.74, 6) is 0. The minimum Gasteiger partial charge on any atom is -0.186 e. The molecule has 1 rings (SSSR count). The number of hydrogen-bond donors (Lipinski definition) is 0. The Morgan fingerprint density at radius 1 is 1.83 bits per heavy atom. The molecule has 0 radical (unpaired) electrons. The van der Waals surface area contributed by atoms with E-state index in [-0.39, 0.29) is 6.10 Å². The summed E-state index contributed by atoms with van der Waals surface area (Å²) in [5.41, 5.74) is 0. The topological polar surface area (TPSA) is 9.23 Å². The molecule has 0 amide bonds. The van der Waals surface area contributed by atoms with Crippen molar-refractivity contribution in [2.75, 3.05) is 0 Å². The lowest BCUT2D eigenvalue weighted by Gasteiger charge is -2.09. The van der Waals surface area contributed by atoms with Crippen LogP contribution in [0.25, 0.3) is 0 Å². The SMILES string of the molecule is FOC1C=CC1. The number of hydrogen-bond acceptors (Lipinski definition) is 1. The molecule has 0 bridgehead atoms. The smallest absolute Gasteiger partial charge is 0.120 e. The number of rotatable bonds is 1. The van der Waals surface area contributed by atoms with Crippen LogP contribution in [0.15, 0.2) is 12.2 Å². The van der Waals surface area contributed by atoms with E-state index in [1.807, 2.05) is 6.08 Å². The predicted octanol–water partition coefficient (Wildman–Crippen LogP) is 1.22. The van der Waals surface area contributed by atoms with Crippen LogP contribution in [-0.4, -0.2) is 6.10 Å². The standard InChI is InChI=1S/C4H5FO/c5-6-4-2-1-3-4/h1-2,4H,3H2. The molecule has 0 aromatic carbocycles. The van der Waals surface area contributed by atoms with E-state index in [0.717, 1.165) is 6.42 Å². The molecule has 1 nitrogen and oxygen atoms in total. The third-order valence-corrected chi connectivity index (χ3v) is 0.834. The van der Waals surface area contributed by atoms with E-state index in [9.17, 15) is 4.53 Å². The van der Waals surface area contributed by atoms with Gasteiger partial charge in [0.15, 0.2) is 0 Å². The molecule has 0 aliphatic heterocycles. The van der Waals surface area contributed by atoms with Gasteiger partial charge in [0.25, 0.3) is 0 Å². The molecule has 0 aromatic rings. The van der Waals surface area contributed by atoms with Crippen LogP contribution in [0.5, 0.6) is 0 Å². The summed E-state index contributed by atoms with van der Waals surface area (Å²) >= 11 is 0. The first kappa shape index (κ1) is 3.81. The molecule has 1 aliphatic carbocycles. The van der Waals surface area contributed by atoms with Crippen LogP contribution in [-0.2, 0) is 4.94 Å². The summed E-state index contributed by atoms with van der Waals surface area (Å²) in [4.78, 5) is 3.40. The van der Waals surface area contributed by atoms with Crippen LogP contribution < -0.4 is 0 Å². The van der Waals surface area contributed by atoms with Crippen LogP contribution >= 0.6 is 0 Å². The molecular weight excluding hydrogens is 83.0 g/mol. The highest BCUT2D eigenvalue weighted by molar-refractivity contribution is 5.02. The van der Waals surface area contributed by atoms with Crippen LogP contribution in [0.4, 0.5) is 4.53 Å². The van der Waals surface area contributed by atoms with Crippen molar-refractivity contribution < 1.29 is 9.47 Å². The molecule has 0 fully saturated rings. The summed E-state index contributed by atoms with van der Waals surface area (Å²) in [5, 5.41) is 0. The van der Waals surface area contributed by atoms with Gasteiger partial charge in [0.1, 0.15) is 6.10 Å². The molecular formula is C4H5FO. The van der Waals surface area contributed by atoms with E-state index in [4.69, 9.17) is 0 Å².